The van der Waals surface area contributed by atoms with Crippen LogP contribution in [0.4, 0.5) is 18.9 Å². The first-order valence-electron chi connectivity index (χ1n) is 6.89. The van der Waals surface area contributed by atoms with E-state index in [-0.39, 0.29) is 5.69 Å². The van der Waals surface area contributed by atoms with Crippen molar-refractivity contribution in [2.75, 3.05) is 5.32 Å². The minimum Gasteiger partial charge on any atom is -0.322 e. The van der Waals surface area contributed by atoms with Gasteiger partial charge in [0.15, 0.2) is 0 Å². The van der Waals surface area contributed by atoms with Crippen LogP contribution in [0.25, 0.3) is 0 Å². The third-order valence-electron chi connectivity index (χ3n) is 3.43. The van der Waals surface area contributed by atoms with Gasteiger partial charge in [0.25, 0.3) is 5.91 Å². The molecule has 1 N–H and O–H groups in total. The highest BCUT2D eigenvalue weighted by atomic mass is 19.4. The molecule has 0 saturated heterocycles. The SMILES string of the molecule is CCc1ccc(C(=O)Nc2cccc(C(F)(F)F)c2)cc1C. The van der Waals surface area contributed by atoms with Crippen molar-refractivity contribution in [2.24, 2.45) is 0 Å². The number of halogens is 3. The molecule has 2 rings (SSSR count). The predicted molar refractivity (Wildman–Crippen MR) is 80.0 cm³/mol. The second-order valence-electron chi connectivity index (χ2n) is 5.03. The summed E-state index contributed by atoms with van der Waals surface area (Å²) < 4.78 is 38.0. The van der Waals surface area contributed by atoms with Gasteiger partial charge in [0, 0.05) is 11.3 Å². The number of nitrogens with one attached hydrogen (secondary N) is 1. The maximum Gasteiger partial charge on any atom is 0.416 e. The van der Waals surface area contributed by atoms with Crippen LogP contribution in [-0.2, 0) is 12.6 Å². The predicted octanol–water partition coefficient (Wildman–Crippen LogP) is 4.83. The highest BCUT2D eigenvalue weighted by Gasteiger charge is 2.30. The summed E-state index contributed by atoms with van der Waals surface area (Å²) >= 11 is 0. The molecule has 0 radical (unpaired) electrons. The van der Waals surface area contributed by atoms with Crippen LogP contribution in [0.2, 0.25) is 0 Å². The van der Waals surface area contributed by atoms with E-state index in [2.05, 4.69) is 5.32 Å². The Morgan fingerprint density at radius 1 is 1.14 bits per heavy atom. The largest absolute Gasteiger partial charge is 0.416 e. The van der Waals surface area contributed by atoms with Gasteiger partial charge >= 0.3 is 6.18 Å². The number of rotatable bonds is 3. The van der Waals surface area contributed by atoms with E-state index in [1.165, 1.54) is 12.1 Å². The molecule has 0 aromatic heterocycles. The molecule has 116 valence electrons. The Morgan fingerprint density at radius 3 is 2.45 bits per heavy atom. The molecule has 5 heteroatoms. The molecule has 0 atom stereocenters. The fourth-order valence-corrected chi connectivity index (χ4v) is 2.21. The number of carbonyl (C=O) groups is 1. The Bertz CT molecular complexity index is 693. The summed E-state index contributed by atoms with van der Waals surface area (Å²) in [6.45, 7) is 3.92. The van der Waals surface area contributed by atoms with E-state index in [1.807, 2.05) is 19.9 Å². The number of carbonyl (C=O) groups excluding carboxylic acids is 1. The van der Waals surface area contributed by atoms with Crippen molar-refractivity contribution in [3.05, 3.63) is 64.7 Å². The van der Waals surface area contributed by atoms with E-state index in [0.717, 1.165) is 29.7 Å². The van der Waals surface area contributed by atoms with Crippen molar-refractivity contribution in [1.82, 2.24) is 0 Å². The number of aryl methyl sites for hydroxylation is 2. The number of amides is 1. The highest BCUT2D eigenvalue weighted by Crippen LogP contribution is 2.30. The quantitative estimate of drug-likeness (QED) is 0.864. The van der Waals surface area contributed by atoms with Gasteiger partial charge < -0.3 is 5.32 Å². The lowest BCUT2D eigenvalue weighted by atomic mass is 10.0. The van der Waals surface area contributed by atoms with Gasteiger partial charge in [-0.1, -0.05) is 19.1 Å². The molecular weight excluding hydrogens is 291 g/mol. The van der Waals surface area contributed by atoms with Crippen molar-refractivity contribution >= 4 is 11.6 Å². The summed E-state index contributed by atoms with van der Waals surface area (Å²) in [6.07, 6.45) is -3.57. The Labute approximate surface area is 127 Å². The lowest BCUT2D eigenvalue weighted by Gasteiger charge is -2.11. The minimum atomic E-state index is -4.43. The van der Waals surface area contributed by atoms with Crippen LogP contribution < -0.4 is 5.32 Å². The minimum absolute atomic E-state index is 0.122. The topological polar surface area (TPSA) is 29.1 Å². The molecule has 2 nitrogen and oxygen atoms in total. The van der Waals surface area contributed by atoms with Gasteiger partial charge in [-0.15, -0.1) is 0 Å². The van der Waals surface area contributed by atoms with Crippen LogP contribution in [0.3, 0.4) is 0 Å². The highest BCUT2D eigenvalue weighted by molar-refractivity contribution is 6.04. The summed E-state index contributed by atoms with van der Waals surface area (Å²) in [6, 6.07) is 9.86. The number of hydrogen-bond donors (Lipinski definition) is 1. The molecule has 22 heavy (non-hydrogen) atoms. The molecule has 0 heterocycles. The average molecular weight is 307 g/mol. The molecule has 0 bridgehead atoms. The first kappa shape index (κ1) is 16.1. The van der Waals surface area contributed by atoms with E-state index in [1.54, 1.807) is 12.1 Å². The van der Waals surface area contributed by atoms with Crippen LogP contribution in [0, 0.1) is 6.92 Å². The van der Waals surface area contributed by atoms with Crippen molar-refractivity contribution in [1.29, 1.82) is 0 Å². The molecule has 0 saturated carbocycles. The van der Waals surface area contributed by atoms with Gasteiger partial charge in [0.05, 0.1) is 5.56 Å². The first-order valence-corrected chi connectivity index (χ1v) is 6.89. The fraction of sp³-hybridized carbons (Fsp3) is 0.235. The molecule has 2 aromatic carbocycles. The van der Waals surface area contributed by atoms with Crippen LogP contribution in [0.15, 0.2) is 42.5 Å². The van der Waals surface area contributed by atoms with Crippen LogP contribution in [-0.4, -0.2) is 5.91 Å². The average Bonchev–Trinajstić information content (AvgIpc) is 2.46. The summed E-state index contributed by atoms with van der Waals surface area (Å²) in [7, 11) is 0. The number of hydrogen-bond acceptors (Lipinski definition) is 1. The summed E-state index contributed by atoms with van der Waals surface area (Å²) in [4.78, 5) is 12.1. The zero-order chi connectivity index (χ0) is 16.3. The normalized spacial score (nSPS) is 11.3. The molecule has 0 aliphatic heterocycles. The van der Waals surface area contributed by atoms with Gasteiger partial charge in [-0.25, -0.2) is 0 Å². The Morgan fingerprint density at radius 2 is 1.86 bits per heavy atom. The maximum absolute atomic E-state index is 12.7. The lowest BCUT2D eigenvalue weighted by Crippen LogP contribution is -2.13. The van der Waals surface area contributed by atoms with E-state index >= 15 is 0 Å². The standard InChI is InChI=1S/C17H16F3NO/c1-3-12-7-8-13(9-11(12)2)16(22)21-15-6-4-5-14(10-15)17(18,19)20/h4-10H,3H2,1-2H3,(H,21,22). The zero-order valence-corrected chi connectivity index (χ0v) is 12.3. The third-order valence-corrected chi connectivity index (χ3v) is 3.43. The van der Waals surface area contributed by atoms with Crippen LogP contribution in [0.5, 0.6) is 0 Å². The van der Waals surface area contributed by atoms with Gasteiger partial charge in [0.1, 0.15) is 0 Å². The maximum atomic E-state index is 12.7. The van der Waals surface area contributed by atoms with Crippen molar-refractivity contribution in [2.45, 2.75) is 26.4 Å². The Kier molecular flexibility index (Phi) is 4.54. The second-order valence-corrected chi connectivity index (χ2v) is 5.03. The molecule has 2 aromatic rings. The monoisotopic (exact) mass is 307 g/mol. The molecule has 1 amide bonds. The Hall–Kier alpha value is -2.30. The second kappa shape index (κ2) is 6.22. The van der Waals surface area contributed by atoms with Crippen molar-refractivity contribution in [3.63, 3.8) is 0 Å². The molecule has 0 unspecified atom stereocenters. The van der Waals surface area contributed by atoms with Gasteiger partial charge in [0.2, 0.25) is 0 Å². The number of benzene rings is 2. The zero-order valence-electron chi connectivity index (χ0n) is 12.3. The summed E-state index contributed by atoms with van der Waals surface area (Å²) in [5.41, 5.74) is 1.88. The van der Waals surface area contributed by atoms with E-state index in [4.69, 9.17) is 0 Å². The van der Waals surface area contributed by atoms with E-state index in [0.29, 0.717) is 5.56 Å². The smallest absolute Gasteiger partial charge is 0.322 e. The molecule has 0 aliphatic carbocycles. The lowest BCUT2D eigenvalue weighted by molar-refractivity contribution is -0.137. The first-order chi connectivity index (χ1) is 10.3. The van der Waals surface area contributed by atoms with Crippen LogP contribution in [0.1, 0.15) is 34.0 Å². The summed E-state index contributed by atoms with van der Waals surface area (Å²) in [5, 5.41) is 2.50. The van der Waals surface area contributed by atoms with Crippen molar-refractivity contribution < 1.29 is 18.0 Å². The number of anilines is 1. The molecule has 0 aliphatic rings. The van der Waals surface area contributed by atoms with E-state index in [9.17, 15) is 18.0 Å². The Balaban J connectivity index is 2.20. The summed E-state index contributed by atoms with van der Waals surface area (Å²) in [5.74, 6) is -0.426. The molecule has 0 fully saturated rings. The fourth-order valence-electron chi connectivity index (χ4n) is 2.21. The molecular formula is C17H16F3NO. The van der Waals surface area contributed by atoms with Gasteiger partial charge in [-0.3, -0.25) is 4.79 Å². The van der Waals surface area contributed by atoms with E-state index < -0.39 is 17.6 Å². The number of alkyl halides is 3. The van der Waals surface area contributed by atoms with Crippen molar-refractivity contribution in [3.8, 4) is 0 Å². The van der Waals surface area contributed by atoms with Gasteiger partial charge in [-0.05, 0) is 54.8 Å². The molecule has 0 spiro atoms. The third kappa shape index (κ3) is 3.67. The van der Waals surface area contributed by atoms with Gasteiger partial charge in [-0.2, -0.15) is 13.2 Å². The van der Waals surface area contributed by atoms with Crippen LogP contribution >= 0.6 is 0 Å².